The van der Waals surface area contributed by atoms with E-state index in [4.69, 9.17) is 14.2 Å². The summed E-state index contributed by atoms with van der Waals surface area (Å²) in [6, 6.07) is 15.5. The topological polar surface area (TPSA) is 90.7 Å². The molecular formula is C23H25N5O4S. The van der Waals surface area contributed by atoms with E-state index in [0.29, 0.717) is 42.1 Å². The highest BCUT2D eigenvalue weighted by Gasteiger charge is 2.24. The molecule has 0 aliphatic carbocycles. The number of carbonyl (C=O) groups excluding carboxylic acids is 1. The summed E-state index contributed by atoms with van der Waals surface area (Å²) in [5, 5.41) is 12.2. The molecule has 0 unspecified atom stereocenters. The van der Waals surface area contributed by atoms with E-state index in [-0.39, 0.29) is 18.0 Å². The second kappa shape index (κ2) is 9.72. The first-order valence-corrected chi connectivity index (χ1v) is 11.7. The molecule has 2 aliphatic rings. The van der Waals surface area contributed by atoms with E-state index in [1.165, 1.54) is 11.8 Å². The number of thioether (sulfide) groups is 1. The van der Waals surface area contributed by atoms with Gasteiger partial charge in [0.15, 0.2) is 16.7 Å². The number of anilines is 2. The molecule has 33 heavy (non-hydrogen) atoms. The van der Waals surface area contributed by atoms with Gasteiger partial charge in [0.25, 0.3) is 0 Å². The maximum Gasteiger partial charge on any atom is 0.237 e. The minimum atomic E-state index is -0.383. The Morgan fingerprint density at radius 2 is 1.88 bits per heavy atom. The van der Waals surface area contributed by atoms with Crippen LogP contribution in [0.3, 0.4) is 0 Å². The predicted octanol–water partition coefficient (Wildman–Crippen LogP) is 3.01. The van der Waals surface area contributed by atoms with Gasteiger partial charge in [-0.05, 0) is 24.6 Å². The van der Waals surface area contributed by atoms with Crippen LogP contribution in [0.25, 0.3) is 0 Å². The number of benzene rings is 2. The standard InChI is InChI=1S/C23H25N5O4S/c1-16(21(29)24-18-7-8-19-20(13-18)32-15-31-19)33-23-26-25-22(27-9-11-30-12-10-27)28(23)14-17-5-3-2-4-6-17/h2-8,13,16H,9-12,14-15H2,1H3,(H,24,29)/t16-/m0/s1. The molecule has 2 aromatic carbocycles. The Morgan fingerprint density at radius 1 is 1.09 bits per heavy atom. The molecule has 1 atom stereocenters. The molecule has 172 valence electrons. The summed E-state index contributed by atoms with van der Waals surface area (Å²) in [6.45, 7) is 5.53. The molecule has 2 aliphatic heterocycles. The van der Waals surface area contributed by atoms with Crippen LogP contribution in [-0.4, -0.2) is 59.0 Å². The molecule has 0 spiro atoms. The largest absolute Gasteiger partial charge is 0.454 e. The van der Waals surface area contributed by atoms with Gasteiger partial charge in [-0.2, -0.15) is 0 Å². The molecule has 10 heteroatoms. The lowest BCUT2D eigenvalue weighted by molar-refractivity contribution is -0.115. The van der Waals surface area contributed by atoms with E-state index in [0.717, 1.165) is 24.6 Å². The third-order valence-electron chi connectivity index (χ3n) is 5.47. The van der Waals surface area contributed by atoms with Crippen molar-refractivity contribution < 1.29 is 19.0 Å². The number of nitrogens with one attached hydrogen (secondary N) is 1. The van der Waals surface area contributed by atoms with Gasteiger partial charge in [0, 0.05) is 24.8 Å². The minimum Gasteiger partial charge on any atom is -0.454 e. The van der Waals surface area contributed by atoms with Crippen LogP contribution in [0.15, 0.2) is 53.7 Å². The van der Waals surface area contributed by atoms with Crippen LogP contribution in [-0.2, 0) is 16.1 Å². The van der Waals surface area contributed by atoms with Crippen LogP contribution in [0.1, 0.15) is 12.5 Å². The van der Waals surface area contributed by atoms with Gasteiger partial charge in [-0.1, -0.05) is 42.1 Å². The number of amides is 1. The molecule has 0 radical (unpaired) electrons. The Hall–Kier alpha value is -3.24. The van der Waals surface area contributed by atoms with Gasteiger partial charge >= 0.3 is 0 Å². The number of rotatable bonds is 7. The number of hydrogen-bond acceptors (Lipinski definition) is 8. The summed E-state index contributed by atoms with van der Waals surface area (Å²) in [5.41, 5.74) is 1.81. The van der Waals surface area contributed by atoms with E-state index >= 15 is 0 Å². The minimum absolute atomic E-state index is 0.124. The van der Waals surface area contributed by atoms with E-state index in [2.05, 4.69) is 37.1 Å². The van der Waals surface area contributed by atoms with Crippen molar-refractivity contribution in [1.29, 1.82) is 0 Å². The summed E-state index contributed by atoms with van der Waals surface area (Å²) < 4.78 is 18.3. The molecule has 3 heterocycles. The molecular weight excluding hydrogens is 442 g/mol. The van der Waals surface area contributed by atoms with Gasteiger partial charge in [0.1, 0.15) is 0 Å². The van der Waals surface area contributed by atoms with Crippen molar-refractivity contribution in [3.05, 3.63) is 54.1 Å². The molecule has 1 amide bonds. The fraction of sp³-hybridized carbons (Fsp3) is 0.348. The van der Waals surface area contributed by atoms with Crippen LogP contribution in [0.2, 0.25) is 0 Å². The van der Waals surface area contributed by atoms with Gasteiger partial charge in [0.05, 0.1) is 25.0 Å². The Labute approximate surface area is 196 Å². The average Bonchev–Trinajstić information content (AvgIpc) is 3.47. The third-order valence-corrected chi connectivity index (χ3v) is 6.55. The summed E-state index contributed by atoms with van der Waals surface area (Å²) >= 11 is 1.39. The number of nitrogens with zero attached hydrogens (tertiary/aromatic N) is 4. The lowest BCUT2D eigenvalue weighted by Gasteiger charge is -2.28. The molecule has 3 aromatic rings. The molecule has 1 aromatic heterocycles. The summed E-state index contributed by atoms with van der Waals surface area (Å²) in [6.07, 6.45) is 0. The summed E-state index contributed by atoms with van der Waals surface area (Å²) in [4.78, 5) is 15.1. The van der Waals surface area contributed by atoms with Crippen molar-refractivity contribution in [2.24, 2.45) is 0 Å². The first kappa shape index (κ1) is 21.6. The molecule has 9 nitrogen and oxygen atoms in total. The van der Waals surface area contributed by atoms with Crippen LogP contribution >= 0.6 is 11.8 Å². The van der Waals surface area contributed by atoms with Gasteiger partial charge in [0.2, 0.25) is 18.6 Å². The number of aromatic nitrogens is 3. The maximum absolute atomic E-state index is 12.9. The van der Waals surface area contributed by atoms with Crippen LogP contribution in [0, 0.1) is 0 Å². The van der Waals surface area contributed by atoms with E-state index in [9.17, 15) is 4.79 Å². The Kier molecular flexibility index (Phi) is 6.36. The van der Waals surface area contributed by atoms with Gasteiger partial charge < -0.3 is 24.4 Å². The Morgan fingerprint density at radius 3 is 2.70 bits per heavy atom. The second-order valence-corrected chi connectivity index (χ2v) is 9.08. The Balaban J connectivity index is 1.33. The zero-order valence-electron chi connectivity index (χ0n) is 18.3. The number of morpholine rings is 1. The van der Waals surface area contributed by atoms with E-state index < -0.39 is 0 Å². The van der Waals surface area contributed by atoms with Crippen molar-refractivity contribution in [3.8, 4) is 11.5 Å². The normalized spacial score (nSPS) is 16.0. The smallest absolute Gasteiger partial charge is 0.237 e. The molecule has 1 N–H and O–H groups in total. The van der Waals surface area contributed by atoms with Crippen molar-refractivity contribution in [2.75, 3.05) is 43.3 Å². The monoisotopic (exact) mass is 467 g/mol. The molecule has 0 saturated carbocycles. The first-order valence-electron chi connectivity index (χ1n) is 10.8. The van der Waals surface area contributed by atoms with Crippen LogP contribution in [0.4, 0.5) is 11.6 Å². The highest BCUT2D eigenvalue weighted by atomic mass is 32.2. The van der Waals surface area contributed by atoms with Crippen LogP contribution in [0.5, 0.6) is 11.5 Å². The first-order chi connectivity index (χ1) is 16.2. The quantitative estimate of drug-likeness (QED) is 0.531. The number of hydrogen-bond donors (Lipinski definition) is 1. The van der Waals surface area contributed by atoms with E-state index in [1.807, 2.05) is 25.1 Å². The highest BCUT2D eigenvalue weighted by Crippen LogP contribution is 2.34. The van der Waals surface area contributed by atoms with Crippen LogP contribution < -0.4 is 19.7 Å². The Bertz CT molecular complexity index is 1120. The fourth-order valence-electron chi connectivity index (χ4n) is 3.70. The highest BCUT2D eigenvalue weighted by molar-refractivity contribution is 8.00. The van der Waals surface area contributed by atoms with E-state index in [1.54, 1.807) is 18.2 Å². The number of carbonyl (C=O) groups is 1. The maximum atomic E-state index is 12.9. The lowest BCUT2D eigenvalue weighted by Crippen LogP contribution is -2.38. The molecule has 5 rings (SSSR count). The summed E-state index contributed by atoms with van der Waals surface area (Å²) in [7, 11) is 0. The second-order valence-electron chi connectivity index (χ2n) is 7.77. The predicted molar refractivity (Wildman–Crippen MR) is 125 cm³/mol. The zero-order chi connectivity index (χ0) is 22.6. The van der Waals surface area contributed by atoms with Crippen molar-refractivity contribution in [2.45, 2.75) is 23.9 Å². The van der Waals surface area contributed by atoms with Crippen molar-refractivity contribution in [1.82, 2.24) is 14.8 Å². The lowest BCUT2D eigenvalue weighted by atomic mass is 10.2. The molecule has 1 saturated heterocycles. The van der Waals surface area contributed by atoms with Gasteiger partial charge in [-0.25, -0.2) is 0 Å². The average molecular weight is 468 g/mol. The number of fused-ring (bicyclic) bond motifs is 1. The van der Waals surface area contributed by atoms with Gasteiger partial charge in [-0.3, -0.25) is 9.36 Å². The SMILES string of the molecule is C[C@H](Sc1nnc(N2CCOCC2)n1Cc1ccccc1)C(=O)Nc1ccc2c(c1)OCO2. The fourth-order valence-corrected chi connectivity index (χ4v) is 4.54. The van der Waals surface area contributed by atoms with Crippen molar-refractivity contribution in [3.63, 3.8) is 0 Å². The van der Waals surface area contributed by atoms with Gasteiger partial charge in [-0.15, -0.1) is 10.2 Å². The zero-order valence-corrected chi connectivity index (χ0v) is 19.1. The van der Waals surface area contributed by atoms with Crippen molar-refractivity contribution >= 4 is 29.3 Å². The summed E-state index contributed by atoms with van der Waals surface area (Å²) in [5.74, 6) is 1.99. The molecule has 0 bridgehead atoms. The molecule has 1 fully saturated rings. The number of ether oxygens (including phenoxy) is 3. The third kappa shape index (κ3) is 4.91.